The van der Waals surface area contributed by atoms with Gasteiger partial charge in [0.15, 0.2) is 0 Å². The third-order valence-corrected chi connectivity index (χ3v) is 3.17. The zero-order chi connectivity index (χ0) is 14.5. The predicted octanol–water partition coefficient (Wildman–Crippen LogP) is 2.92. The van der Waals surface area contributed by atoms with Crippen LogP contribution >= 0.6 is 12.4 Å². The largest absolute Gasteiger partial charge is 0.466 e. The Hall–Kier alpha value is -1.78. The maximum Gasteiger partial charge on any atom is 0.257 e. The van der Waals surface area contributed by atoms with Crippen LogP contribution in [0.3, 0.4) is 0 Å². The van der Waals surface area contributed by atoms with Crippen molar-refractivity contribution in [2.45, 2.75) is 20.4 Å². The molecule has 1 amide bonds. The van der Waals surface area contributed by atoms with Crippen LogP contribution in [0, 0.1) is 13.8 Å². The zero-order valence-electron chi connectivity index (χ0n) is 12.3. The molecule has 114 valence electrons. The zero-order valence-corrected chi connectivity index (χ0v) is 13.2. The van der Waals surface area contributed by atoms with E-state index in [9.17, 15) is 4.79 Å². The average Bonchev–Trinajstić information content (AvgIpc) is 2.77. The normalized spacial score (nSPS) is 10.0. The second-order valence-electron chi connectivity index (χ2n) is 4.83. The molecule has 2 rings (SSSR count). The van der Waals surface area contributed by atoms with Gasteiger partial charge in [-0.25, -0.2) is 0 Å². The van der Waals surface area contributed by atoms with E-state index in [1.54, 1.807) is 11.0 Å². The van der Waals surface area contributed by atoms with Crippen molar-refractivity contribution < 1.29 is 9.21 Å². The summed E-state index contributed by atoms with van der Waals surface area (Å²) in [6.07, 6.45) is 0. The number of hydrogen-bond donors (Lipinski definition) is 1. The molecule has 0 bridgehead atoms. The first-order valence-electron chi connectivity index (χ1n) is 6.72. The van der Waals surface area contributed by atoms with E-state index in [4.69, 9.17) is 10.2 Å². The third-order valence-electron chi connectivity index (χ3n) is 3.17. The van der Waals surface area contributed by atoms with Crippen LogP contribution < -0.4 is 5.73 Å². The number of carbonyl (C=O) groups is 1. The molecule has 1 aromatic heterocycles. The van der Waals surface area contributed by atoms with Crippen molar-refractivity contribution in [2.75, 3.05) is 13.1 Å². The second kappa shape index (κ2) is 7.86. The molecule has 0 unspecified atom stereocenters. The van der Waals surface area contributed by atoms with Gasteiger partial charge in [-0.1, -0.05) is 30.3 Å². The van der Waals surface area contributed by atoms with E-state index < -0.39 is 0 Å². The number of halogens is 1. The highest BCUT2D eigenvalue weighted by molar-refractivity contribution is 5.95. The molecule has 0 saturated carbocycles. The quantitative estimate of drug-likeness (QED) is 0.924. The van der Waals surface area contributed by atoms with Crippen LogP contribution in [-0.2, 0) is 6.54 Å². The molecular formula is C16H21ClN2O2. The molecule has 1 aromatic carbocycles. The monoisotopic (exact) mass is 308 g/mol. The van der Waals surface area contributed by atoms with Gasteiger partial charge in [-0.2, -0.15) is 0 Å². The maximum atomic E-state index is 12.6. The molecule has 2 aromatic rings. The summed E-state index contributed by atoms with van der Waals surface area (Å²) in [5.74, 6) is 1.37. The Morgan fingerprint density at radius 3 is 2.43 bits per heavy atom. The number of nitrogens with zero attached hydrogens (tertiary/aromatic N) is 1. The van der Waals surface area contributed by atoms with Crippen LogP contribution in [0.4, 0.5) is 0 Å². The third kappa shape index (κ3) is 4.34. The standard InChI is InChI=1S/C16H20N2O2.ClH/c1-12-10-15(13(2)20-12)16(19)18(9-8-17)11-14-6-4-3-5-7-14;/h3-7,10H,8-9,11,17H2,1-2H3;1H. The highest BCUT2D eigenvalue weighted by Gasteiger charge is 2.20. The van der Waals surface area contributed by atoms with Gasteiger partial charge in [0.1, 0.15) is 11.5 Å². The van der Waals surface area contributed by atoms with Crippen LogP contribution in [0.15, 0.2) is 40.8 Å². The van der Waals surface area contributed by atoms with Gasteiger partial charge in [0.25, 0.3) is 5.91 Å². The smallest absolute Gasteiger partial charge is 0.257 e. The lowest BCUT2D eigenvalue weighted by molar-refractivity contribution is 0.0746. The van der Waals surface area contributed by atoms with Gasteiger partial charge in [-0.15, -0.1) is 12.4 Å². The number of aryl methyl sites for hydroxylation is 2. The van der Waals surface area contributed by atoms with Gasteiger partial charge in [0.2, 0.25) is 0 Å². The summed E-state index contributed by atoms with van der Waals surface area (Å²) < 4.78 is 5.44. The molecule has 0 aliphatic heterocycles. The van der Waals surface area contributed by atoms with E-state index in [2.05, 4.69) is 0 Å². The fourth-order valence-electron chi connectivity index (χ4n) is 2.23. The minimum Gasteiger partial charge on any atom is -0.466 e. The first kappa shape index (κ1) is 17.3. The number of rotatable bonds is 5. The first-order valence-corrected chi connectivity index (χ1v) is 6.72. The van der Waals surface area contributed by atoms with Gasteiger partial charge < -0.3 is 15.1 Å². The molecule has 5 heteroatoms. The van der Waals surface area contributed by atoms with E-state index in [1.165, 1.54) is 0 Å². The van der Waals surface area contributed by atoms with Crippen molar-refractivity contribution in [3.8, 4) is 0 Å². The topological polar surface area (TPSA) is 59.5 Å². The average molecular weight is 309 g/mol. The lowest BCUT2D eigenvalue weighted by Gasteiger charge is -2.21. The van der Waals surface area contributed by atoms with Crippen molar-refractivity contribution in [2.24, 2.45) is 5.73 Å². The molecule has 0 fully saturated rings. The van der Waals surface area contributed by atoms with E-state index in [0.717, 1.165) is 11.3 Å². The number of hydrogen-bond acceptors (Lipinski definition) is 3. The lowest BCUT2D eigenvalue weighted by atomic mass is 10.1. The number of furan rings is 1. The fourth-order valence-corrected chi connectivity index (χ4v) is 2.23. The van der Waals surface area contributed by atoms with Gasteiger partial charge in [0.05, 0.1) is 5.56 Å². The Balaban J connectivity index is 0.00000220. The van der Waals surface area contributed by atoms with Gasteiger partial charge in [0, 0.05) is 19.6 Å². The Morgan fingerprint density at radius 2 is 1.90 bits per heavy atom. The van der Waals surface area contributed by atoms with Gasteiger partial charge >= 0.3 is 0 Å². The minimum absolute atomic E-state index is 0. The summed E-state index contributed by atoms with van der Waals surface area (Å²) in [4.78, 5) is 14.3. The van der Waals surface area contributed by atoms with Crippen LogP contribution in [0.5, 0.6) is 0 Å². The minimum atomic E-state index is -0.0337. The predicted molar refractivity (Wildman–Crippen MR) is 85.7 cm³/mol. The molecule has 4 nitrogen and oxygen atoms in total. The summed E-state index contributed by atoms with van der Waals surface area (Å²) in [6.45, 7) is 5.17. The van der Waals surface area contributed by atoms with Crippen LogP contribution in [0.2, 0.25) is 0 Å². The summed E-state index contributed by atoms with van der Waals surface area (Å²) in [6, 6.07) is 11.7. The van der Waals surface area contributed by atoms with Gasteiger partial charge in [-0.05, 0) is 25.5 Å². The molecule has 0 atom stereocenters. The number of carbonyl (C=O) groups excluding carboxylic acids is 1. The summed E-state index contributed by atoms with van der Waals surface area (Å²) in [7, 11) is 0. The summed E-state index contributed by atoms with van der Waals surface area (Å²) in [5, 5.41) is 0. The van der Waals surface area contributed by atoms with E-state index >= 15 is 0 Å². The molecule has 0 aliphatic carbocycles. The van der Waals surface area contributed by atoms with E-state index in [-0.39, 0.29) is 18.3 Å². The molecule has 0 radical (unpaired) electrons. The number of benzene rings is 1. The Kier molecular flexibility index (Phi) is 6.46. The number of nitrogens with two attached hydrogens (primary N) is 1. The molecule has 21 heavy (non-hydrogen) atoms. The van der Waals surface area contributed by atoms with Crippen molar-refractivity contribution in [3.05, 3.63) is 59.0 Å². The van der Waals surface area contributed by atoms with E-state index in [1.807, 2.05) is 44.2 Å². The fraction of sp³-hybridized carbons (Fsp3) is 0.312. The van der Waals surface area contributed by atoms with Crippen LogP contribution in [0.1, 0.15) is 27.4 Å². The Labute approximate surface area is 131 Å². The summed E-state index contributed by atoms with van der Waals surface area (Å²) >= 11 is 0. The Bertz CT molecular complexity index is 581. The highest BCUT2D eigenvalue weighted by Crippen LogP contribution is 2.17. The van der Waals surface area contributed by atoms with Crippen LogP contribution in [0.25, 0.3) is 0 Å². The highest BCUT2D eigenvalue weighted by atomic mass is 35.5. The molecular weight excluding hydrogens is 288 g/mol. The second-order valence-corrected chi connectivity index (χ2v) is 4.83. The van der Waals surface area contributed by atoms with Crippen molar-refractivity contribution >= 4 is 18.3 Å². The first-order chi connectivity index (χ1) is 9.61. The molecule has 0 saturated heterocycles. The molecule has 2 N–H and O–H groups in total. The van der Waals surface area contributed by atoms with Gasteiger partial charge in [-0.3, -0.25) is 4.79 Å². The van der Waals surface area contributed by atoms with Crippen molar-refractivity contribution in [3.63, 3.8) is 0 Å². The molecule has 0 aliphatic rings. The Morgan fingerprint density at radius 1 is 1.24 bits per heavy atom. The summed E-state index contributed by atoms with van der Waals surface area (Å²) in [5.41, 5.74) is 7.33. The van der Waals surface area contributed by atoms with Crippen LogP contribution in [-0.4, -0.2) is 23.9 Å². The SMILES string of the molecule is Cc1cc(C(=O)N(CCN)Cc2ccccc2)c(C)o1.Cl. The molecule has 0 spiro atoms. The molecule has 1 heterocycles. The van der Waals surface area contributed by atoms with E-state index in [0.29, 0.717) is 31.0 Å². The lowest BCUT2D eigenvalue weighted by Crippen LogP contribution is -2.35. The maximum absolute atomic E-state index is 12.6. The van der Waals surface area contributed by atoms with Crippen molar-refractivity contribution in [1.82, 2.24) is 4.90 Å². The van der Waals surface area contributed by atoms with Crippen molar-refractivity contribution in [1.29, 1.82) is 0 Å². The number of amides is 1.